The van der Waals surface area contributed by atoms with E-state index in [0.717, 1.165) is 19.3 Å². The van der Waals surface area contributed by atoms with Gasteiger partial charge in [-0.15, -0.1) is 0 Å². The Balaban J connectivity index is 1.82. The van der Waals surface area contributed by atoms with Crippen molar-refractivity contribution in [3.63, 3.8) is 0 Å². The van der Waals surface area contributed by atoms with Crippen molar-refractivity contribution in [2.45, 2.75) is 51.0 Å². The number of hydrogen-bond acceptors (Lipinski definition) is 4. The molecule has 0 radical (unpaired) electrons. The van der Waals surface area contributed by atoms with E-state index < -0.39 is 12.0 Å². The molecular formula is C14H23N3O4. The van der Waals surface area contributed by atoms with Crippen LogP contribution in [-0.4, -0.2) is 40.5 Å². The number of carboxylic acid groups (broad SMARTS) is 1. The van der Waals surface area contributed by atoms with E-state index in [-0.39, 0.29) is 24.2 Å². The van der Waals surface area contributed by atoms with E-state index in [1.807, 2.05) is 0 Å². The van der Waals surface area contributed by atoms with Crippen LogP contribution in [0.4, 0.5) is 0 Å². The smallest absolute Gasteiger partial charge is 0.303 e. The zero-order valence-electron chi connectivity index (χ0n) is 12.1. The second kappa shape index (κ2) is 6.89. The van der Waals surface area contributed by atoms with Gasteiger partial charge < -0.3 is 10.8 Å². The number of hydrazine groups is 1. The van der Waals surface area contributed by atoms with Gasteiger partial charge in [0.2, 0.25) is 5.91 Å². The molecule has 4 N–H and O–H groups in total. The molecule has 0 aromatic carbocycles. The van der Waals surface area contributed by atoms with Crippen LogP contribution in [-0.2, 0) is 14.4 Å². The molecule has 118 valence electrons. The number of carbonyl (C=O) groups is 3. The van der Waals surface area contributed by atoms with Crippen molar-refractivity contribution in [1.29, 1.82) is 0 Å². The number of carbonyl (C=O) groups excluding carboxylic acids is 2. The maximum absolute atomic E-state index is 12.2. The Kier molecular flexibility index (Phi) is 5.17. The number of carboxylic acids is 1. The minimum Gasteiger partial charge on any atom is -0.481 e. The van der Waals surface area contributed by atoms with E-state index in [4.69, 9.17) is 10.8 Å². The van der Waals surface area contributed by atoms with Gasteiger partial charge in [0.1, 0.15) is 0 Å². The second-order valence-corrected chi connectivity index (χ2v) is 6.02. The highest BCUT2D eigenvalue weighted by Gasteiger charge is 2.32. The lowest BCUT2D eigenvalue weighted by Gasteiger charge is -2.32. The van der Waals surface area contributed by atoms with Crippen molar-refractivity contribution >= 4 is 17.8 Å². The van der Waals surface area contributed by atoms with Gasteiger partial charge in [-0.05, 0) is 31.6 Å². The number of aliphatic carboxylic acids is 1. The quantitative estimate of drug-likeness (QED) is 0.623. The largest absolute Gasteiger partial charge is 0.481 e. The number of nitrogens with zero attached hydrogens (tertiary/aromatic N) is 1. The maximum Gasteiger partial charge on any atom is 0.303 e. The summed E-state index contributed by atoms with van der Waals surface area (Å²) in [6.07, 6.45) is 4.63. The van der Waals surface area contributed by atoms with E-state index in [1.54, 1.807) is 0 Å². The van der Waals surface area contributed by atoms with Crippen LogP contribution >= 0.6 is 0 Å². The van der Waals surface area contributed by atoms with Crippen LogP contribution in [0.15, 0.2) is 0 Å². The molecule has 1 saturated heterocycles. The molecule has 2 amide bonds. The van der Waals surface area contributed by atoms with Gasteiger partial charge >= 0.3 is 5.97 Å². The molecule has 2 aliphatic rings. The first kappa shape index (κ1) is 15.8. The zero-order chi connectivity index (χ0) is 15.4. The summed E-state index contributed by atoms with van der Waals surface area (Å²) < 4.78 is 0. The second-order valence-electron chi connectivity index (χ2n) is 6.02. The summed E-state index contributed by atoms with van der Waals surface area (Å²) in [6, 6.07) is -0.579. The Morgan fingerprint density at radius 3 is 2.71 bits per heavy atom. The molecule has 0 bridgehead atoms. The minimum absolute atomic E-state index is 0.0284. The first-order chi connectivity index (χ1) is 9.97. The lowest BCUT2D eigenvalue weighted by Crippen LogP contribution is -2.55. The van der Waals surface area contributed by atoms with Gasteiger partial charge in [0.25, 0.3) is 5.91 Å². The van der Waals surface area contributed by atoms with Gasteiger partial charge in [0.15, 0.2) is 0 Å². The monoisotopic (exact) mass is 297 g/mol. The summed E-state index contributed by atoms with van der Waals surface area (Å²) in [5, 5.41) is 10.0. The molecule has 2 atom stereocenters. The van der Waals surface area contributed by atoms with Gasteiger partial charge in [0.05, 0.1) is 6.04 Å². The van der Waals surface area contributed by atoms with Crippen LogP contribution in [0.25, 0.3) is 0 Å². The first-order valence-electron chi connectivity index (χ1n) is 7.56. The molecular weight excluding hydrogens is 274 g/mol. The van der Waals surface area contributed by atoms with Crippen LogP contribution < -0.4 is 11.2 Å². The third-order valence-corrected chi connectivity index (χ3v) is 4.12. The topological polar surface area (TPSA) is 113 Å². The molecule has 1 aliphatic carbocycles. The SMILES string of the molecule is N[C@@H](CC1CC1)C(=O)NN1CCC[C@@H](CCC(=O)O)C1=O. The predicted molar refractivity (Wildman–Crippen MR) is 74.8 cm³/mol. The Labute approximate surface area is 123 Å². The molecule has 2 fully saturated rings. The molecule has 21 heavy (non-hydrogen) atoms. The fraction of sp³-hybridized carbons (Fsp3) is 0.786. The van der Waals surface area contributed by atoms with Gasteiger partial charge in [-0.3, -0.25) is 24.8 Å². The van der Waals surface area contributed by atoms with Gasteiger partial charge in [-0.25, -0.2) is 0 Å². The van der Waals surface area contributed by atoms with Crippen LogP contribution in [0.2, 0.25) is 0 Å². The summed E-state index contributed by atoms with van der Waals surface area (Å²) in [4.78, 5) is 34.8. The molecule has 7 nitrogen and oxygen atoms in total. The summed E-state index contributed by atoms with van der Waals surface area (Å²) in [7, 11) is 0. The van der Waals surface area contributed by atoms with Crippen LogP contribution in [0.1, 0.15) is 44.9 Å². The molecule has 7 heteroatoms. The predicted octanol–water partition coefficient (Wildman–Crippen LogP) is 0.248. The number of rotatable bonds is 7. The standard InChI is InChI=1S/C14H23N3O4/c15-11(8-9-3-4-9)13(20)16-17-7-1-2-10(14(17)21)5-6-12(18)19/h9-11H,1-8,15H2,(H,16,20)(H,18,19)/t10-,11-/m0/s1. The Morgan fingerprint density at radius 2 is 2.10 bits per heavy atom. The Hall–Kier alpha value is -1.63. The maximum atomic E-state index is 12.2. The zero-order valence-corrected chi connectivity index (χ0v) is 12.1. The average molecular weight is 297 g/mol. The summed E-state index contributed by atoms with van der Waals surface area (Å²) >= 11 is 0. The minimum atomic E-state index is -0.907. The first-order valence-corrected chi connectivity index (χ1v) is 7.56. The summed E-state index contributed by atoms with van der Waals surface area (Å²) in [5.74, 6) is -1.21. The summed E-state index contributed by atoms with van der Waals surface area (Å²) in [5.41, 5.74) is 8.42. The number of hydrogen-bond donors (Lipinski definition) is 3. The number of nitrogens with one attached hydrogen (secondary N) is 1. The third kappa shape index (κ3) is 4.70. The van der Waals surface area contributed by atoms with Gasteiger partial charge in [-0.1, -0.05) is 12.8 Å². The van der Waals surface area contributed by atoms with E-state index in [1.165, 1.54) is 5.01 Å². The highest BCUT2D eigenvalue weighted by molar-refractivity contribution is 5.86. The van der Waals surface area contributed by atoms with E-state index in [9.17, 15) is 14.4 Å². The third-order valence-electron chi connectivity index (χ3n) is 4.12. The van der Waals surface area contributed by atoms with Crippen molar-refractivity contribution in [1.82, 2.24) is 10.4 Å². The van der Waals surface area contributed by atoms with Crippen LogP contribution in [0.5, 0.6) is 0 Å². The van der Waals surface area contributed by atoms with Crippen molar-refractivity contribution in [2.75, 3.05) is 6.54 Å². The molecule has 0 unspecified atom stereocenters. The molecule has 1 saturated carbocycles. The average Bonchev–Trinajstić information content (AvgIpc) is 3.23. The highest BCUT2D eigenvalue weighted by atomic mass is 16.4. The number of piperidine rings is 1. The van der Waals surface area contributed by atoms with Crippen LogP contribution in [0.3, 0.4) is 0 Å². The molecule has 1 heterocycles. The number of amides is 2. The molecule has 0 aromatic heterocycles. The van der Waals surface area contributed by atoms with E-state index in [0.29, 0.717) is 31.7 Å². The van der Waals surface area contributed by atoms with Gasteiger partial charge in [0, 0.05) is 18.9 Å². The summed E-state index contributed by atoms with van der Waals surface area (Å²) in [6.45, 7) is 0.463. The van der Waals surface area contributed by atoms with Crippen molar-refractivity contribution in [3.05, 3.63) is 0 Å². The van der Waals surface area contributed by atoms with E-state index in [2.05, 4.69) is 5.43 Å². The number of nitrogens with two attached hydrogens (primary N) is 1. The fourth-order valence-electron chi connectivity index (χ4n) is 2.66. The Bertz CT molecular complexity index is 422. The van der Waals surface area contributed by atoms with Crippen molar-refractivity contribution < 1.29 is 19.5 Å². The lowest BCUT2D eigenvalue weighted by atomic mass is 9.93. The van der Waals surface area contributed by atoms with Crippen LogP contribution in [0, 0.1) is 11.8 Å². The fourth-order valence-corrected chi connectivity index (χ4v) is 2.66. The molecule has 2 rings (SSSR count). The molecule has 0 spiro atoms. The lowest BCUT2D eigenvalue weighted by molar-refractivity contribution is -0.149. The van der Waals surface area contributed by atoms with Crippen molar-refractivity contribution in [2.24, 2.45) is 17.6 Å². The Morgan fingerprint density at radius 1 is 1.38 bits per heavy atom. The highest BCUT2D eigenvalue weighted by Crippen LogP contribution is 2.33. The van der Waals surface area contributed by atoms with E-state index >= 15 is 0 Å². The molecule has 1 aliphatic heterocycles. The van der Waals surface area contributed by atoms with Gasteiger partial charge in [-0.2, -0.15) is 0 Å². The van der Waals surface area contributed by atoms with Crippen molar-refractivity contribution in [3.8, 4) is 0 Å². The normalized spacial score (nSPS) is 23.8. The molecule has 0 aromatic rings.